The standard InChI is InChI=1S/C14H22NO5P/c1-13(2,3)19-21(18,20-14(4,5)6)12-9-7-8-11(10-12)15(16)17/h7-10H,1-6H3. The SMILES string of the molecule is CC(C)(C)OP(=O)(OC(C)(C)C)c1cccc([N+](=O)[O-])c1. The van der Waals surface area contributed by atoms with Crippen molar-refractivity contribution in [1.82, 2.24) is 0 Å². The summed E-state index contributed by atoms with van der Waals surface area (Å²) in [6.45, 7) is 10.5. The third-order valence-electron chi connectivity index (χ3n) is 2.14. The molecule has 0 saturated carbocycles. The Morgan fingerprint density at radius 2 is 1.52 bits per heavy atom. The fourth-order valence-corrected chi connectivity index (χ4v) is 3.87. The second kappa shape index (κ2) is 5.87. The van der Waals surface area contributed by atoms with Crippen molar-refractivity contribution in [3.8, 4) is 0 Å². The molecule has 0 fully saturated rings. The number of benzene rings is 1. The first-order chi connectivity index (χ1) is 9.32. The minimum absolute atomic E-state index is 0.150. The molecule has 0 spiro atoms. The van der Waals surface area contributed by atoms with Gasteiger partial charge in [0.1, 0.15) is 0 Å². The summed E-state index contributed by atoms with van der Waals surface area (Å²) in [5.74, 6) is 0. The van der Waals surface area contributed by atoms with Crippen LogP contribution in [-0.2, 0) is 13.6 Å². The maximum absolute atomic E-state index is 13.2. The van der Waals surface area contributed by atoms with Crippen molar-refractivity contribution >= 4 is 18.6 Å². The maximum Gasteiger partial charge on any atom is 0.362 e. The van der Waals surface area contributed by atoms with E-state index in [0.29, 0.717) is 0 Å². The van der Waals surface area contributed by atoms with Gasteiger partial charge in [0, 0.05) is 12.1 Å². The molecule has 0 aliphatic carbocycles. The molecule has 0 aromatic heterocycles. The van der Waals surface area contributed by atoms with Crippen molar-refractivity contribution in [3.05, 3.63) is 34.4 Å². The Bertz CT molecular complexity index is 551. The number of nitro benzene ring substituents is 1. The lowest BCUT2D eigenvalue weighted by molar-refractivity contribution is -0.384. The van der Waals surface area contributed by atoms with E-state index in [2.05, 4.69) is 0 Å². The van der Waals surface area contributed by atoms with E-state index in [9.17, 15) is 14.7 Å². The number of nitro groups is 1. The third-order valence-corrected chi connectivity index (χ3v) is 4.63. The Hall–Kier alpha value is -1.23. The molecule has 0 radical (unpaired) electrons. The van der Waals surface area contributed by atoms with E-state index in [-0.39, 0.29) is 11.0 Å². The molecular weight excluding hydrogens is 293 g/mol. The molecule has 1 aromatic carbocycles. The van der Waals surface area contributed by atoms with Gasteiger partial charge in [-0.1, -0.05) is 6.07 Å². The van der Waals surface area contributed by atoms with Gasteiger partial charge in [-0.2, -0.15) is 0 Å². The number of rotatable bonds is 4. The predicted molar refractivity (Wildman–Crippen MR) is 82.0 cm³/mol. The molecule has 0 N–H and O–H groups in total. The van der Waals surface area contributed by atoms with E-state index in [1.165, 1.54) is 24.3 Å². The summed E-state index contributed by atoms with van der Waals surface area (Å²) in [4.78, 5) is 10.3. The van der Waals surface area contributed by atoms with Gasteiger partial charge in [-0.15, -0.1) is 0 Å². The molecule has 1 rings (SSSR count). The second-order valence-electron chi connectivity index (χ2n) is 6.68. The Balaban J connectivity index is 3.33. The van der Waals surface area contributed by atoms with Crippen molar-refractivity contribution in [3.63, 3.8) is 0 Å². The molecule has 0 atom stereocenters. The molecule has 0 saturated heterocycles. The maximum atomic E-state index is 13.2. The lowest BCUT2D eigenvalue weighted by atomic mass is 10.2. The van der Waals surface area contributed by atoms with Gasteiger partial charge < -0.3 is 0 Å². The average Bonchev–Trinajstić information content (AvgIpc) is 2.23. The first-order valence-electron chi connectivity index (χ1n) is 6.59. The molecule has 21 heavy (non-hydrogen) atoms. The van der Waals surface area contributed by atoms with Gasteiger partial charge in [-0.25, -0.2) is 0 Å². The molecule has 118 valence electrons. The zero-order valence-corrected chi connectivity index (χ0v) is 14.1. The lowest BCUT2D eigenvalue weighted by Crippen LogP contribution is -2.28. The summed E-state index contributed by atoms with van der Waals surface area (Å²) >= 11 is 0. The van der Waals surface area contributed by atoms with Crippen molar-refractivity contribution in [2.45, 2.75) is 52.7 Å². The van der Waals surface area contributed by atoms with Crippen LogP contribution in [0.5, 0.6) is 0 Å². The van der Waals surface area contributed by atoms with Crippen molar-refractivity contribution in [2.24, 2.45) is 0 Å². The zero-order valence-electron chi connectivity index (χ0n) is 13.2. The first kappa shape index (κ1) is 17.8. The Morgan fingerprint density at radius 1 is 1.05 bits per heavy atom. The van der Waals surface area contributed by atoms with Gasteiger partial charge in [-0.3, -0.25) is 23.7 Å². The molecule has 7 heteroatoms. The van der Waals surface area contributed by atoms with Crippen LogP contribution in [0.15, 0.2) is 24.3 Å². The van der Waals surface area contributed by atoms with Crippen LogP contribution in [0.25, 0.3) is 0 Å². The van der Waals surface area contributed by atoms with Gasteiger partial charge in [0.25, 0.3) is 5.69 Å². The van der Waals surface area contributed by atoms with Crippen LogP contribution >= 0.6 is 7.60 Å². The molecular formula is C14H22NO5P. The Morgan fingerprint density at radius 3 is 1.90 bits per heavy atom. The largest absolute Gasteiger partial charge is 0.362 e. The zero-order chi connectivity index (χ0) is 16.5. The molecule has 0 amide bonds. The molecule has 1 aromatic rings. The second-order valence-corrected chi connectivity index (χ2v) is 8.56. The van der Waals surface area contributed by atoms with E-state index in [0.717, 1.165) is 0 Å². The van der Waals surface area contributed by atoms with Gasteiger partial charge >= 0.3 is 7.60 Å². The van der Waals surface area contributed by atoms with E-state index < -0.39 is 23.7 Å². The van der Waals surface area contributed by atoms with Crippen LogP contribution < -0.4 is 5.30 Å². The summed E-state index contributed by atoms with van der Waals surface area (Å²) in [5, 5.41) is 11.1. The summed E-state index contributed by atoms with van der Waals surface area (Å²) in [6, 6.07) is 5.56. The van der Waals surface area contributed by atoms with Gasteiger partial charge in [0.15, 0.2) is 0 Å². The number of hydrogen-bond donors (Lipinski definition) is 0. The van der Waals surface area contributed by atoms with Crippen molar-refractivity contribution < 1.29 is 18.5 Å². The molecule has 6 nitrogen and oxygen atoms in total. The van der Waals surface area contributed by atoms with Crippen LogP contribution in [0, 0.1) is 10.1 Å². The highest BCUT2D eigenvalue weighted by Crippen LogP contribution is 2.53. The fraction of sp³-hybridized carbons (Fsp3) is 0.571. The first-order valence-corrected chi connectivity index (χ1v) is 8.13. The van der Waals surface area contributed by atoms with Crippen LogP contribution in [0.1, 0.15) is 41.5 Å². The highest BCUT2D eigenvalue weighted by molar-refractivity contribution is 7.62. The monoisotopic (exact) mass is 315 g/mol. The average molecular weight is 315 g/mol. The molecule has 0 unspecified atom stereocenters. The van der Waals surface area contributed by atoms with Gasteiger partial charge in [0.2, 0.25) is 0 Å². The van der Waals surface area contributed by atoms with Crippen LogP contribution in [-0.4, -0.2) is 16.1 Å². The molecule has 0 heterocycles. The van der Waals surface area contributed by atoms with Crippen LogP contribution in [0.2, 0.25) is 0 Å². The fourth-order valence-electron chi connectivity index (χ4n) is 1.62. The third kappa shape index (κ3) is 5.58. The minimum Gasteiger partial charge on any atom is -0.299 e. The molecule has 0 bridgehead atoms. The molecule has 0 aliphatic rings. The van der Waals surface area contributed by atoms with Crippen molar-refractivity contribution in [2.75, 3.05) is 0 Å². The van der Waals surface area contributed by atoms with E-state index in [1.807, 2.05) is 0 Å². The van der Waals surface area contributed by atoms with Crippen LogP contribution in [0.3, 0.4) is 0 Å². The van der Waals surface area contributed by atoms with E-state index in [4.69, 9.17) is 9.05 Å². The Labute approximate surface area is 125 Å². The van der Waals surface area contributed by atoms with Gasteiger partial charge in [-0.05, 0) is 47.6 Å². The highest BCUT2D eigenvalue weighted by atomic mass is 31.2. The summed E-state index contributed by atoms with van der Waals surface area (Å²) in [5.41, 5.74) is -1.58. The normalized spacial score (nSPS) is 13.2. The Kier molecular flexibility index (Phi) is 4.98. The van der Waals surface area contributed by atoms with Crippen LogP contribution in [0.4, 0.5) is 5.69 Å². The molecule has 0 aliphatic heterocycles. The van der Waals surface area contributed by atoms with E-state index in [1.54, 1.807) is 41.5 Å². The lowest BCUT2D eigenvalue weighted by Gasteiger charge is -2.32. The quantitative estimate of drug-likeness (QED) is 0.476. The summed E-state index contributed by atoms with van der Waals surface area (Å²) < 4.78 is 24.4. The topological polar surface area (TPSA) is 78.7 Å². The van der Waals surface area contributed by atoms with E-state index >= 15 is 0 Å². The minimum atomic E-state index is -3.69. The highest BCUT2D eigenvalue weighted by Gasteiger charge is 2.37. The summed E-state index contributed by atoms with van der Waals surface area (Å²) in [7, 11) is -3.69. The number of non-ortho nitro benzene ring substituents is 1. The van der Waals surface area contributed by atoms with Crippen molar-refractivity contribution in [1.29, 1.82) is 0 Å². The van der Waals surface area contributed by atoms with Gasteiger partial charge in [0.05, 0.1) is 21.4 Å². The predicted octanol–water partition coefficient (Wildman–Crippen LogP) is 4.04. The smallest absolute Gasteiger partial charge is 0.299 e. The number of hydrogen-bond acceptors (Lipinski definition) is 5. The summed E-state index contributed by atoms with van der Waals surface area (Å²) in [6.07, 6.45) is 0. The number of nitrogens with zero attached hydrogens (tertiary/aromatic N) is 1.